The number of fused-ring (bicyclic) bond motifs is 2. The topological polar surface area (TPSA) is 68.3 Å². The Morgan fingerprint density at radius 2 is 1.73 bits per heavy atom. The lowest BCUT2D eigenvalue weighted by molar-refractivity contribution is 0.0531. The van der Waals surface area contributed by atoms with Crippen molar-refractivity contribution in [2.24, 2.45) is 0 Å². The predicted octanol–water partition coefficient (Wildman–Crippen LogP) is 6.92. The number of ether oxygens (including phenoxy) is 1. The lowest BCUT2D eigenvalue weighted by atomic mass is 10.1. The average Bonchev–Trinajstić information content (AvgIpc) is 3.39. The van der Waals surface area contributed by atoms with E-state index in [0.29, 0.717) is 15.4 Å². The summed E-state index contributed by atoms with van der Waals surface area (Å²) < 4.78 is 6.30. The van der Waals surface area contributed by atoms with Gasteiger partial charge in [0.1, 0.15) is 14.9 Å². The van der Waals surface area contributed by atoms with Crippen LogP contribution in [0.25, 0.3) is 31.6 Å². The zero-order chi connectivity index (χ0) is 22.9. The van der Waals surface area contributed by atoms with E-state index in [0.717, 1.165) is 37.1 Å². The summed E-state index contributed by atoms with van der Waals surface area (Å²) in [5.41, 5.74) is 2.95. The van der Waals surface area contributed by atoms with Crippen molar-refractivity contribution in [1.82, 2.24) is 4.98 Å². The minimum Gasteiger partial charge on any atom is -0.462 e. The highest BCUT2D eigenvalue weighted by molar-refractivity contribution is 7.23. The van der Waals surface area contributed by atoms with Gasteiger partial charge >= 0.3 is 5.97 Å². The maximum Gasteiger partial charge on any atom is 0.348 e. The number of nitrogens with one attached hydrogen (secondary N) is 1. The second kappa shape index (κ2) is 8.77. The van der Waals surface area contributed by atoms with Crippen LogP contribution in [0.15, 0.2) is 66.7 Å². The normalized spacial score (nSPS) is 11.1. The summed E-state index contributed by atoms with van der Waals surface area (Å²) in [6, 6.07) is 21.4. The molecule has 3 aromatic carbocycles. The van der Waals surface area contributed by atoms with Crippen LogP contribution >= 0.6 is 22.7 Å². The highest BCUT2D eigenvalue weighted by atomic mass is 32.1. The van der Waals surface area contributed by atoms with Crippen LogP contribution in [0.1, 0.15) is 32.5 Å². The summed E-state index contributed by atoms with van der Waals surface area (Å²) in [6.45, 7) is 3.93. The summed E-state index contributed by atoms with van der Waals surface area (Å²) in [7, 11) is 0. The van der Waals surface area contributed by atoms with Crippen molar-refractivity contribution in [3.05, 3.63) is 82.7 Å². The number of benzene rings is 3. The fourth-order valence-electron chi connectivity index (χ4n) is 3.74. The molecule has 1 amide bonds. The molecule has 164 valence electrons. The van der Waals surface area contributed by atoms with Crippen LogP contribution in [-0.4, -0.2) is 23.5 Å². The van der Waals surface area contributed by atoms with E-state index in [1.807, 2.05) is 73.7 Å². The maximum absolute atomic E-state index is 13.2. The summed E-state index contributed by atoms with van der Waals surface area (Å²) in [5, 5.41) is 6.44. The first kappa shape index (κ1) is 21.3. The molecule has 0 unspecified atom stereocenters. The van der Waals surface area contributed by atoms with Gasteiger partial charge in [0.2, 0.25) is 0 Å². The van der Waals surface area contributed by atoms with Gasteiger partial charge in [-0.25, -0.2) is 9.78 Å². The zero-order valence-corrected chi connectivity index (χ0v) is 19.7. The van der Waals surface area contributed by atoms with E-state index in [9.17, 15) is 9.59 Å². The molecule has 5 nitrogen and oxygen atoms in total. The molecule has 0 aliphatic carbocycles. The highest BCUT2D eigenvalue weighted by Gasteiger charge is 2.25. The Kier molecular flexibility index (Phi) is 5.66. The van der Waals surface area contributed by atoms with Crippen molar-refractivity contribution in [3.8, 4) is 10.6 Å². The van der Waals surface area contributed by atoms with Gasteiger partial charge in [-0.2, -0.15) is 0 Å². The molecule has 0 saturated carbocycles. The zero-order valence-electron chi connectivity index (χ0n) is 18.0. The van der Waals surface area contributed by atoms with Crippen LogP contribution in [0, 0.1) is 6.92 Å². The first-order chi connectivity index (χ1) is 16.0. The predicted molar refractivity (Wildman–Crippen MR) is 136 cm³/mol. The Bertz CT molecular complexity index is 1480. The van der Waals surface area contributed by atoms with Crippen LogP contribution in [0.2, 0.25) is 0 Å². The lowest BCUT2D eigenvalue weighted by Crippen LogP contribution is -2.11. The van der Waals surface area contributed by atoms with Crippen molar-refractivity contribution in [3.63, 3.8) is 0 Å². The first-order valence-electron chi connectivity index (χ1n) is 10.5. The number of nitrogens with zero attached hydrogens (tertiary/aromatic N) is 1. The van der Waals surface area contributed by atoms with Gasteiger partial charge in [-0.15, -0.1) is 22.7 Å². The molecular formula is C26H20N2O3S2. The SMILES string of the molecule is CCOC(=O)c1sc(NC(=O)c2ccc3ccccc3c2)c(-c2nc3ccccc3s2)c1C. The number of hydrogen-bond donors (Lipinski definition) is 1. The molecule has 2 heterocycles. The number of amides is 1. The van der Waals surface area contributed by atoms with E-state index in [1.54, 1.807) is 6.92 Å². The molecule has 5 rings (SSSR count). The largest absolute Gasteiger partial charge is 0.462 e. The van der Waals surface area contributed by atoms with Crippen molar-refractivity contribution in [2.75, 3.05) is 11.9 Å². The molecule has 0 radical (unpaired) electrons. The molecular weight excluding hydrogens is 452 g/mol. The minimum absolute atomic E-state index is 0.236. The van der Waals surface area contributed by atoms with Gasteiger partial charge in [0.15, 0.2) is 0 Å². The molecule has 33 heavy (non-hydrogen) atoms. The smallest absolute Gasteiger partial charge is 0.348 e. The summed E-state index contributed by atoms with van der Waals surface area (Å²) in [6.07, 6.45) is 0. The quantitative estimate of drug-likeness (QED) is 0.282. The summed E-state index contributed by atoms with van der Waals surface area (Å²) >= 11 is 2.76. The molecule has 5 aromatic rings. The van der Waals surface area contributed by atoms with Crippen molar-refractivity contribution in [1.29, 1.82) is 0 Å². The number of rotatable bonds is 5. The molecule has 0 aliphatic rings. The number of carbonyl (C=O) groups excluding carboxylic acids is 2. The maximum atomic E-state index is 13.2. The van der Waals surface area contributed by atoms with Crippen molar-refractivity contribution < 1.29 is 14.3 Å². The van der Waals surface area contributed by atoms with E-state index in [4.69, 9.17) is 9.72 Å². The standard InChI is InChI=1S/C26H20N2O3S2/c1-3-31-26(30)22-15(2)21(24-27-19-10-6-7-11-20(19)32-24)25(33-22)28-23(29)18-13-12-16-8-4-5-9-17(16)14-18/h4-14H,3H2,1-2H3,(H,28,29). The fourth-order valence-corrected chi connectivity index (χ4v) is 5.97. The van der Waals surface area contributed by atoms with Gasteiger partial charge < -0.3 is 10.1 Å². The third-order valence-electron chi connectivity index (χ3n) is 5.35. The van der Waals surface area contributed by atoms with Gasteiger partial charge in [0, 0.05) is 11.1 Å². The summed E-state index contributed by atoms with van der Waals surface area (Å²) in [4.78, 5) is 31.0. The number of thiophene rings is 1. The third kappa shape index (κ3) is 4.01. The number of para-hydroxylation sites is 1. The van der Waals surface area contributed by atoms with E-state index >= 15 is 0 Å². The Morgan fingerprint density at radius 1 is 0.970 bits per heavy atom. The number of esters is 1. The number of anilines is 1. The van der Waals surface area contributed by atoms with Gasteiger partial charge in [-0.3, -0.25) is 4.79 Å². The Hall–Kier alpha value is -3.55. The number of hydrogen-bond acceptors (Lipinski definition) is 6. The van der Waals surface area contributed by atoms with Crippen LogP contribution in [-0.2, 0) is 4.74 Å². The molecule has 0 aliphatic heterocycles. The molecule has 0 saturated heterocycles. The van der Waals surface area contributed by atoms with Crippen molar-refractivity contribution in [2.45, 2.75) is 13.8 Å². The molecule has 7 heteroatoms. The molecule has 0 bridgehead atoms. The van der Waals surface area contributed by atoms with Crippen molar-refractivity contribution >= 4 is 60.5 Å². The van der Waals surface area contributed by atoms with E-state index < -0.39 is 5.97 Å². The Morgan fingerprint density at radius 3 is 2.52 bits per heavy atom. The highest BCUT2D eigenvalue weighted by Crippen LogP contribution is 2.43. The second-order valence-corrected chi connectivity index (χ2v) is 9.53. The van der Waals surface area contributed by atoms with E-state index in [-0.39, 0.29) is 12.5 Å². The number of carbonyl (C=O) groups is 2. The molecule has 0 fully saturated rings. The van der Waals surface area contributed by atoms with E-state index in [1.165, 1.54) is 22.7 Å². The molecule has 0 spiro atoms. The molecule has 0 atom stereocenters. The van der Waals surface area contributed by atoms with Crippen LogP contribution < -0.4 is 5.32 Å². The molecule has 2 aromatic heterocycles. The molecule has 1 N–H and O–H groups in total. The first-order valence-corrected chi connectivity index (χ1v) is 12.1. The van der Waals surface area contributed by atoms with Gasteiger partial charge in [0.25, 0.3) is 5.91 Å². The van der Waals surface area contributed by atoms with Crippen LogP contribution in [0.5, 0.6) is 0 Å². The third-order valence-corrected chi connectivity index (χ3v) is 7.60. The van der Waals surface area contributed by atoms with E-state index in [2.05, 4.69) is 5.32 Å². The second-order valence-electron chi connectivity index (χ2n) is 7.48. The fraction of sp³-hybridized carbons (Fsp3) is 0.115. The van der Waals surface area contributed by atoms with Gasteiger partial charge in [-0.05, 0) is 54.4 Å². The average molecular weight is 473 g/mol. The number of thiazole rings is 1. The monoisotopic (exact) mass is 472 g/mol. The van der Waals surface area contributed by atoms with Crippen LogP contribution in [0.3, 0.4) is 0 Å². The Labute approximate surface area is 198 Å². The lowest BCUT2D eigenvalue weighted by Gasteiger charge is -2.07. The van der Waals surface area contributed by atoms with Gasteiger partial charge in [0.05, 0.1) is 16.8 Å². The van der Waals surface area contributed by atoms with Gasteiger partial charge in [-0.1, -0.05) is 42.5 Å². The summed E-state index contributed by atoms with van der Waals surface area (Å²) in [5.74, 6) is -0.631. The minimum atomic E-state index is -0.395. The Balaban J connectivity index is 1.58. The van der Waals surface area contributed by atoms with Crippen LogP contribution in [0.4, 0.5) is 5.00 Å². The number of aromatic nitrogens is 1.